The number of rotatable bonds is 9. The first-order chi connectivity index (χ1) is 12.9. The highest BCUT2D eigenvalue weighted by molar-refractivity contribution is 14.0. The van der Waals surface area contributed by atoms with Crippen LogP contribution < -0.4 is 21.3 Å². The number of anilines is 1. The van der Waals surface area contributed by atoms with Crippen molar-refractivity contribution in [1.82, 2.24) is 25.9 Å². The zero-order valence-corrected chi connectivity index (χ0v) is 17.8. The number of alkyl halides is 3. The van der Waals surface area contributed by atoms with Gasteiger partial charge in [-0.05, 0) is 25.8 Å². The van der Waals surface area contributed by atoms with Crippen LogP contribution in [0.1, 0.15) is 25.5 Å². The molecule has 0 aliphatic heterocycles. The van der Waals surface area contributed by atoms with Gasteiger partial charge in [-0.2, -0.15) is 13.2 Å². The van der Waals surface area contributed by atoms with E-state index in [1.165, 1.54) is 0 Å². The number of nitrogens with one attached hydrogen (secondary N) is 4. The maximum atomic E-state index is 12.6. The van der Waals surface area contributed by atoms with Gasteiger partial charge in [0.05, 0.1) is 6.54 Å². The van der Waals surface area contributed by atoms with Crippen molar-refractivity contribution < 1.29 is 18.0 Å². The fourth-order valence-electron chi connectivity index (χ4n) is 2.14. The molecule has 2 rings (SSSR count). The lowest BCUT2D eigenvalue weighted by atomic mass is 10.4. The fourth-order valence-corrected chi connectivity index (χ4v) is 2.14. The Bertz CT molecular complexity index is 653. The first-order valence-corrected chi connectivity index (χ1v) is 8.84. The third-order valence-electron chi connectivity index (χ3n) is 3.62. The van der Waals surface area contributed by atoms with Crippen LogP contribution >= 0.6 is 24.0 Å². The zero-order chi connectivity index (χ0) is 19.7. The van der Waals surface area contributed by atoms with E-state index in [9.17, 15) is 18.0 Å². The lowest BCUT2D eigenvalue weighted by Crippen LogP contribution is -2.42. The lowest BCUT2D eigenvalue weighted by molar-refractivity contribution is -0.141. The third-order valence-corrected chi connectivity index (χ3v) is 3.62. The molecular weight excluding hydrogens is 490 g/mol. The summed E-state index contributed by atoms with van der Waals surface area (Å²) in [5.74, 6) is 0.728. The van der Waals surface area contributed by atoms with Crippen LogP contribution in [0.5, 0.6) is 0 Å². The number of amides is 1. The van der Waals surface area contributed by atoms with E-state index < -0.39 is 11.9 Å². The van der Waals surface area contributed by atoms with Gasteiger partial charge in [0.25, 0.3) is 0 Å². The molecule has 0 aromatic carbocycles. The molecule has 0 unspecified atom stereocenters. The first-order valence-electron chi connectivity index (χ1n) is 8.84. The third kappa shape index (κ3) is 8.89. The second-order valence-corrected chi connectivity index (χ2v) is 5.94. The second-order valence-electron chi connectivity index (χ2n) is 5.94. The van der Waals surface area contributed by atoms with E-state index in [1.807, 2.05) is 6.92 Å². The lowest BCUT2D eigenvalue weighted by Gasteiger charge is -2.12. The van der Waals surface area contributed by atoms with E-state index in [1.54, 1.807) is 0 Å². The predicted octanol–water partition coefficient (Wildman–Crippen LogP) is 1.61. The standard InChI is InChI=1S/C16H24F3N7O.HI/c1-2-20-14(23-8-7-21-13(27)11-3-4-11)24-9-10-25-15-22-6-5-12(26-15)16(17,18)19;/h5-6,11H,2-4,7-10H2,1H3,(H,21,27)(H2,20,23,24)(H,22,25,26);1H. The first kappa shape index (κ1) is 24.2. The second kappa shape index (κ2) is 11.9. The number of carbonyl (C=O) groups is 1. The molecule has 8 nitrogen and oxygen atoms in total. The van der Waals surface area contributed by atoms with E-state index >= 15 is 0 Å². The van der Waals surface area contributed by atoms with Gasteiger partial charge in [0, 0.05) is 38.3 Å². The molecule has 0 bridgehead atoms. The summed E-state index contributed by atoms with van der Waals surface area (Å²) in [6.45, 7) is 4.18. The van der Waals surface area contributed by atoms with Crippen LogP contribution in [0.4, 0.5) is 19.1 Å². The summed E-state index contributed by atoms with van der Waals surface area (Å²) in [7, 11) is 0. The van der Waals surface area contributed by atoms with Crippen molar-refractivity contribution >= 4 is 41.8 Å². The Morgan fingerprint density at radius 3 is 2.57 bits per heavy atom. The summed E-state index contributed by atoms with van der Waals surface area (Å²) in [6, 6.07) is 0.818. The molecule has 0 saturated heterocycles. The Morgan fingerprint density at radius 1 is 1.21 bits per heavy atom. The predicted molar refractivity (Wildman–Crippen MR) is 111 cm³/mol. The van der Waals surface area contributed by atoms with E-state index in [4.69, 9.17) is 0 Å². The molecule has 1 heterocycles. The minimum atomic E-state index is -4.51. The Hall–Kier alpha value is -1.86. The number of halogens is 4. The van der Waals surface area contributed by atoms with Crippen LogP contribution in [-0.2, 0) is 11.0 Å². The molecule has 1 fully saturated rings. The van der Waals surface area contributed by atoms with E-state index in [0.717, 1.165) is 25.1 Å². The molecule has 0 spiro atoms. The molecule has 1 aliphatic rings. The monoisotopic (exact) mass is 515 g/mol. The Kier molecular flexibility index (Phi) is 10.2. The molecule has 158 valence electrons. The normalized spacial score (nSPS) is 14.1. The van der Waals surface area contributed by atoms with Gasteiger partial charge in [0.1, 0.15) is 5.69 Å². The van der Waals surface area contributed by atoms with E-state index in [-0.39, 0.29) is 48.3 Å². The van der Waals surface area contributed by atoms with Gasteiger partial charge in [-0.25, -0.2) is 9.97 Å². The van der Waals surface area contributed by atoms with Crippen molar-refractivity contribution in [2.45, 2.75) is 25.9 Å². The fraction of sp³-hybridized carbons (Fsp3) is 0.625. The molecule has 4 N–H and O–H groups in total. The van der Waals surface area contributed by atoms with Crippen LogP contribution in [0.25, 0.3) is 0 Å². The van der Waals surface area contributed by atoms with Gasteiger partial charge in [0.15, 0.2) is 5.96 Å². The van der Waals surface area contributed by atoms with E-state index in [2.05, 4.69) is 36.2 Å². The molecule has 28 heavy (non-hydrogen) atoms. The Morgan fingerprint density at radius 2 is 1.93 bits per heavy atom. The van der Waals surface area contributed by atoms with Crippen LogP contribution in [-0.4, -0.2) is 54.6 Å². The highest BCUT2D eigenvalue weighted by Crippen LogP contribution is 2.28. The average molecular weight is 515 g/mol. The molecule has 1 saturated carbocycles. The topological polar surface area (TPSA) is 103 Å². The number of carbonyl (C=O) groups excluding carboxylic acids is 1. The summed E-state index contributed by atoms with van der Waals surface area (Å²) >= 11 is 0. The number of hydrogen-bond acceptors (Lipinski definition) is 5. The number of nitrogens with zero attached hydrogens (tertiary/aromatic N) is 3. The number of aromatic nitrogens is 2. The minimum absolute atomic E-state index is 0. The smallest absolute Gasteiger partial charge is 0.357 e. The van der Waals surface area contributed by atoms with Crippen molar-refractivity contribution in [2.24, 2.45) is 10.9 Å². The highest BCUT2D eigenvalue weighted by atomic mass is 127. The van der Waals surface area contributed by atoms with Gasteiger partial charge in [-0.15, -0.1) is 24.0 Å². The molecule has 12 heteroatoms. The largest absolute Gasteiger partial charge is 0.433 e. The van der Waals surface area contributed by atoms with Crippen molar-refractivity contribution in [3.8, 4) is 0 Å². The summed E-state index contributed by atoms with van der Waals surface area (Å²) < 4.78 is 37.8. The van der Waals surface area contributed by atoms with Crippen molar-refractivity contribution in [1.29, 1.82) is 0 Å². The number of aliphatic imine (C=N–C) groups is 1. The summed E-state index contributed by atoms with van der Waals surface area (Å²) in [5, 5.41) is 11.7. The van der Waals surface area contributed by atoms with Crippen LogP contribution in [0.15, 0.2) is 17.3 Å². The molecule has 1 amide bonds. The maximum absolute atomic E-state index is 12.6. The summed E-state index contributed by atoms with van der Waals surface area (Å²) in [4.78, 5) is 23.0. The van der Waals surface area contributed by atoms with Crippen LogP contribution in [0, 0.1) is 5.92 Å². The molecule has 0 atom stereocenters. The SMILES string of the molecule is CCNC(=NCCNc1nccc(C(F)(F)F)n1)NCCNC(=O)C1CC1.I. The van der Waals surface area contributed by atoms with Gasteiger partial charge in [-0.1, -0.05) is 0 Å². The minimum Gasteiger partial charge on any atom is -0.357 e. The van der Waals surface area contributed by atoms with Crippen LogP contribution in [0.2, 0.25) is 0 Å². The maximum Gasteiger partial charge on any atom is 0.433 e. The molecule has 0 radical (unpaired) electrons. The van der Waals surface area contributed by atoms with E-state index in [0.29, 0.717) is 32.1 Å². The zero-order valence-electron chi connectivity index (χ0n) is 15.5. The molecular formula is C16H25F3IN7O. The van der Waals surface area contributed by atoms with Gasteiger partial charge < -0.3 is 21.3 Å². The number of guanidine groups is 1. The summed E-state index contributed by atoms with van der Waals surface area (Å²) in [5.41, 5.74) is -0.994. The quantitative estimate of drug-likeness (QED) is 0.173. The van der Waals surface area contributed by atoms with Crippen LogP contribution in [0.3, 0.4) is 0 Å². The van der Waals surface area contributed by atoms with Crippen molar-refractivity contribution in [3.63, 3.8) is 0 Å². The highest BCUT2D eigenvalue weighted by Gasteiger charge is 2.32. The molecule has 1 aliphatic carbocycles. The summed E-state index contributed by atoms with van der Waals surface area (Å²) in [6.07, 6.45) is -1.52. The van der Waals surface area contributed by atoms with Gasteiger partial charge in [-0.3, -0.25) is 9.79 Å². The van der Waals surface area contributed by atoms with Crippen molar-refractivity contribution in [2.75, 3.05) is 38.0 Å². The Labute approximate surface area is 178 Å². The average Bonchev–Trinajstić information content (AvgIpc) is 3.46. The molecule has 1 aromatic heterocycles. The van der Waals surface area contributed by atoms with Gasteiger partial charge in [0.2, 0.25) is 11.9 Å². The van der Waals surface area contributed by atoms with Crippen molar-refractivity contribution in [3.05, 3.63) is 18.0 Å². The van der Waals surface area contributed by atoms with Gasteiger partial charge >= 0.3 is 6.18 Å². The molecule has 1 aromatic rings. The Balaban J connectivity index is 0.00000392. The number of hydrogen-bond donors (Lipinski definition) is 4.